The van der Waals surface area contributed by atoms with Gasteiger partial charge in [-0.3, -0.25) is 0 Å². The molecule has 2 aromatic rings. The summed E-state index contributed by atoms with van der Waals surface area (Å²) in [6, 6.07) is 15.5. The van der Waals surface area contributed by atoms with Crippen LogP contribution in [0.5, 0.6) is 11.5 Å². The van der Waals surface area contributed by atoms with Gasteiger partial charge in [0.15, 0.2) is 0 Å². The number of ether oxygens (including phenoxy) is 2. The second-order valence-electron chi connectivity index (χ2n) is 5.35. The summed E-state index contributed by atoms with van der Waals surface area (Å²) in [6.45, 7) is 1.85. The van der Waals surface area contributed by atoms with Crippen LogP contribution in [0.3, 0.4) is 0 Å². The molecule has 0 saturated heterocycles. The molecule has 0 aliphatic rings. The second kappa shape index (κ2) is 6.64. The summed E-state index contributed by atoms with van der Waals surface area (Å²) in [4.78, 5) is 0. The lowest BCUT2D eigenvalue weighted by Crippen LogP contribution is -2.21. The van der Waals surface area contributed by atoms with Gasteiger partial charge in [-0.15, -0.1) is 0 Å². The Bertz CT molecular complexity index is 556. The maximum absolute atomic E-state index is 10.6. The van der Waals surface area contributed by atoms with Crippen LogP contribution in [0.15, 0.2) is 48.5 Å². The molecule has 0 spiro atoms. The van der Waals surface area contributed by atoms with E-state index in [-0.39, 0.29) is 0 Å². The molecule has 3 heteroatoms. The van der Waals surface area contributed by atoms with E-state index >= 15 is 0 Å². The third kappa shape index (κ3) is 3.99. The van der Waals surface area contributed by atoms with Crippen LogP contribution < -0.4 is 9.47 Å². The molecule has 1 unspecified atom stereocenters. The first-order valence-electron chi connectivity index (χ1n) is 7.05. The minimum Gasteiger partial charge on any atom is -0.497 e. The van der Waals surface area contributed by atoms with Gasteiger partial charge in [0.05, 0.1) is 19.8 Å². The van der Waals surface area contributed by atoms with E-state index in [1.807, 2.05) is 55.5 Å². The molecule has 1 atom stereocenters. The van der Waals surface area contributed by atoms with Gasteiger partial charge in [0, 0.05) is 0 Å². The van der Waals surface area contributed by atoms with Gasteiger partial charge in [-0.1, -0.05) is 24.3 Å². The predicted molar refractivity (Wildman–Crippen MR) is 83.9 cm³/mol. The van der Waals surface area contributed by atoms with E-state index in [9.17, 15) is 5.11 Å². The number of methoxy groups -OCH3 is 2. The zero-order valence-corrected chi connectivity index (χ0v) is 12.8. The Morgan fingerprint density at radius 1 is 0.857 bits per heavy atom. The molecule has 0 radical (unpaired) electrons. The van der Waals surface area contributed by atoms with Crippen molar-refractivity contribution in [1.29, 1.82) is 0 Å². The van der Waals surface area contributed by atoms with Crippen LogP contribution in [0.25, 0.3) is 0 Å². The molecule has 0 heterocycles. The molecule has 0 bridgehead atoms. The van der Waals surface area contributed by atoms with E-state index in [0.717, 1.165) is 23.5 Å². The zero-order chi connectivity index (χ0) is 15.3. The fourth-order valence-corrected chi connectivity index (χ4v) is 2.27. The lowest BCUT2D eigenvalue weighted by Gasteiger charge is -2.24. The van der Waals surface area contributed by atoms with E-state index in [4.69, 9.17) is 9.47 Å². The fraction of sp³-hybridized carbons (Fsp3) is 0.333. The van der Waals surface area contributed by atoms with Gasteiger partial charge >= 0.3 is 0 Å². The van der Waals surface area contributed by atoms with Crippen molar-refractivity contribution in [1.82, 2.24) is 0 Å². The van der Waals surface area contributed by atoms with Crippen molar-refractivity contribution in [2.45, 2.75) is 25.4 Å². The molecule has 3 nitrogen and oxygen atoms in total. The van der Waals surface area contributed by atoms with Gasteiger partial charge in [-0.05, 0) is 55.2 Å². The maximum atomic E-state index is 10.6. The van der Waals surface area contributed by atoms with Crippen molar-refractivity contribution in [2.75, 3.05) is 14.2 Å². The molecule has 0 saturated carbocycles. The van der Waals surface area contributed by atoms with Crippen LogP contribution in [-0.4, -0.2) is 19.3 Å². The van der Waals surface area contributed by atoms with Gasteiger partial charge in [0.25, 0.3) is 0 Å². The molecule has 0 aliphatic carbocycles. The summed E-state index contributed by atoms with van der Waals surface area (Å²) < 4.78 is 10.3. The largest absolute Gasteiger partial charge is 0.497 e. The van der Waals surface area contributed by atoms with Crippen molar-refractivity contribution in [2.24, 2.45) is 0 Å². The monoisotopic (exact) mass is 286 g/mol. The van der Waals surface area contributed by atoms with Gasteiger partial charge < -0.3 is 14.6 Å². The number of aryl methyl sites for hydroxylation is 1. The van der Waals surface area contributed by atoms with Crippen molar-refractivity contribution < 1.29 is 14.6 Å². The molecule has 2 rings (SSSR count). The van der Waals surface area contributed by atoms with E-state index < -0.39 is 5.60 Å². The highest BCUT2D eigenvalue weighted by molar-refractivity contribution is 5.31. The summed E-state index contributed by atoms with van der Waals surface area (Å²) in [7, 11) is 3.29. The molecule has 112 valence electrons. The van der Waals surface area contributed by atoms with Crippen LogP contribution >= 0.6 is 0 Å². The van der Waals surface area contributed by atoms with Crippen LogP contribution in [-0.2, 0) is 12.0 Å². The minimum atomic E-state index is -0.855. The Balaban J connectivity index is 2.01. The van der Waals surface area contributed by atoms with E-state index in [2.05, 4.69) is 0 Å². The lowest BCUT2D eigenvalue weighted by atomic mass is 9.89. The first-order valence-corrected chi connectivity index (χ1v) is 7.05. The number of aliphatic hydroxyl groups is 1. The number of rotatable bonds is 6. The third-order valence-electron chi connectivity index (χ3n) is 3.77. The Kier molecular flexibility index (Phi) is 4.86. The summed E-state index contributed by atoms with van der Waals surface area (Å²) in [5.41, 5.74) is 1.23. The number of benzene rings is 2. The van der Waals surface area contributed by atoms with Crippen LogP contribution in [0.4, 0.5) is 0 Å². The highest BCUT2D eigenvalue weighted by Gasteiger charge is 2.22. The topological polar surface area (TPSA) is 38.7 Å². The average molecular weight is 286 g/mol. The van der Waals surface area contributed by atoms with Crippen molar-refractivity contribution in [3.05, 3.63) is 59.7 Å². The maximum Gasteiger partial charge on any atom is 0.118 e. The van der Waals surface area contributed by atoms with E-state index in [0.29, 0.717) is 6.42 Å². The van der Waals surface area contributed by atoms with Crippen molar-refractivity contribution >= 4 is 0 Å². The van der Waals surface area contributed by atoms with Gasteiger partial charge in [0.1, 0.15) is 11.5 Å². The molecule has 0 aromatic heterocycles. The minimum absolute atomic E-state index is 0.658. The van der Waals surface area contributed by atoms with E-state index in [1.165, 1.54) is 5.56 Å². The molecular weight excluding hydrogens is 264 g/mol. The first-order chi connectivity index (χ1) is 10.0. The Labute approximate surface area is 126 Å². The number of hydrogen-bond acceptors (Lipinski definition) is 3. The Hall–Kier alpha value is -2.00. The molecule has 0 fully saturated rings. The highest BCUT2D eigenvalue weighted by Crippen LogP contribution is 2.28. The van der Waals surface area contributed by atoms with Gasteiger partial charge in [0.2, 0.25) is 0 Å². The predicted octanol–water partition coefficient (Wildman–Crippen LogP) is 3.54. The summed E-state index contributed by atoms with van der Waals surface area (Å²) >= 11 is 0. The molecule has 0 aliphatic heterocycles. The third-order valence-corrected chi connectivity index (χ3v) is 3.77. The van der Waals surface area contributed by atoms with Crippen LogP contribution in [0, 0.1) is 0 Å². The Morgan fingerprint density at radius 2 is 1.33 bits per heavy atom. The standard InChI is InChI=1S/C18H22O3/c1-18(19,15-6-10-17(21-3)11-7-15)13-12-14-4-8-16(20-2)9-5-14/h4-11,19H,12-13H2,1-3H3. The normalized spacial score (nSPS) is 13.5. The molecule has 1 N–H and O–H groups in total. The first kappa shape index (κ1) is 15.4. The Morgan fingerprint density at radius 3 is 1.81 bits per heavy atom. The van der Waals surface area contributed by atoms with Crippen LogP contribution in [0.2, 0.25) is 0 Å². The average Bonchev–Trinajstić information content (AvgIpc) is 2.53. The number of hydrogen-bond donors (Lipinski definition) is 1. The molecule has 21 heavy (non-hydrogen) atoms. The summed E-state index contributed by atoms with van der Waals surface area (Å²) in [5, 5.41) is 10.6. The van der Waals surface area contributed by atoms with Gasteiger partial charge in [-0.2, -0.15) is 0 Å². The summed E-state index contributed by atoms with van der Waals surface area (Å²) in [5.74, 6) is 1.64. The van der Waals surface area contributed by atoms with Gasteiger partial charge in [-0.25, -0.2) is 0 Å². The van der Waals surface area contributed by atoms with Crippen LogP contribution in [0.1, 0.15) is 24.5 Å². The SMILES string of the molecule is COc1ccc(CCC(C)(O)c2ccc(OC)cc2)cc1. The van der Waals surface area contributed by atoms with E-state index in [1.54, 1.807) is 14.2 Å². The quantitative estimate of drug-likeness (QED) is 0.882. The molecular formula is C18H22O3. The lowest BCUT2D eigenvalue weighted by molar-refractivity contribution is 0.0480. The molecule has 2 aromatic carbocycles. The zero-order valence-electron chi connectivity index (χ0n) is 12.8. The molecule has 0 amide bonds. The fourth-order valence-electron chi connectivity index (χ4n) is 2.27. The second-order valence-corrected chi connectivity index (χ2v) is 5.35. The van der Waals surface area contributed by atoms with Crippen molar-refractivity contribution in [3.8, 4) is 11.5 Å². The highest BCUT2D eigenvalue weighted by atomic mass is 16.5. The summed E-state index contributed by atoms with van der Waals surface area (Å²) in [6.07, 6.45) is 1.47. The smallest absolute Gasteiger partial charge is 0.118 e. The van der Waals surface area contributed by atoms with Crippen molar-refractivity contribution in [3.63, 3.8) is 0 Å².